The summed E-state index contributed by atoms with van der Waals surface area (Å²) in [5.41, 5.74) is 0.943. The van der Waals surface area contributed by atoms with Crippen LogP contribution in [0.15, 0.2) is 18.2 Å². The lowest BCUT2D eigenvalue weighted by Crippen LogP contribution is -2.41. The first kappa shape index (κ1) is 20.5. The number of carbonyl (C=O) groups excluding carboxylic acids is 1. The Labute approximate surface area is 143 Å². The molecule has 1 unspecified atom stereocenters. The third-order valence-corrected chi connectivity index (χ3v) is 3.71. The molecule has 0 saturated carbocycles. The normalized spacial score (nSPS) is 13.2. The van der Waals surface area contributed by atoms with Gasteiger partial charge in [-0.25, -0.2) is 0 Å². The number of rotatable bonds is 7. The Bertz CT molecular complexity index is 455. The van der Waals surface area contributed by atoms with Crippen LogP contribution in [0, 0.1) is 5.92 Å². The van der Waals surface area contributed by atoms with Gasteiger partial charge in [-0.05, 0) is 37.6 Å². The number of amides is 1. The quantitative estimate of drug-likeness (QED) is 0.784. The lowest BCUT2D eigenvalue weighted by Gasteiger charge is -2.17. The number of hydrogen-bond donors (Lipinski definition) is 2. The molecule has 1 rings (SSSR count). The maximum Gasteiger partial charge on any atom is 0.223 e. The zero-order valence-corrected chi connectivity index (χ0v) is 14.9. The molecule has 0 saturated heterocycles. The Morgan fingerprint density at radius 1 is 1.29 bits per heavy atom. The fourth-order valence-electron chi connectivity index (χ4n) is 1.96. The van der Waals surface area contributed by atoms with Crippen LogP contribution in [0.2, 0.25) is 10.0 Å². The predicted octanol–water partition coefficient (Wildman–Crippen LogP) is 3.71. The van der Waals surface area contributed by atoms with Crippen molar-refractivity contribution in [2.75, 3.05) is 13.1 Å². The highest BCUT2D eigenvalue weighted by atomic mass is 35.5. The molecule has 0 radical (unpaired) electrons. The fourth-order valence-corrected chi connectivity index (χ4v) is 2.44. The molecule has 1 aromatic rings. The minimum absolute atomic E-state index is 0. The van der Waals surface area contributed by atoms with Crippen molar-refractivity contribution >= 4 is 41.5 Å². The molecule has 0 aliphatic rings. The van der Waals surface area contributed by atoms with Crippen LogP contribution in [0.5, 0.6) is 0 Å². The molecule has 0 aromatic heterocycles. The molecule has 1 aromatic carbocycles. The van der Waals surface area contributed by atoms with Gasteiger partial charge in [-0.3, -0.25) is 4.79 Å². The highest BCUT2D eigenvalue weighted by Gasteiger charge is 2.15. The van der Waals surface area contributed by atoms with Crippen molar-refractivity contribution in [3.05, 3.63) is 33.8 Å². The van der Waals surface area contributed by atoms with E-state index in [1.165, 1.54) is 0 Å². The molecule has 2 atom stereocenters. The molecule has 0 spiro atoms. The minimum atomic E-state index is -0.123. The van der Waals surface area contributed by atoms with Crippen molar-refractivity contribution in [2.24, 2.45) is 5.92 Å². The van der Waals surface area contributed by atoms with E-state index in [2.05, 4.69) is 10.6 Å². The van der Waals surface area contributed by atoms with Gasteiger partial charge in [-0.1, -0.05) is 43.1 Å². The van der Waals surface area contributed by atoms with Gasteiger partial charge in [-0.15, -0.1) is 12.4 Å². The Kier molecular flexibility index (Phi) is 10.0. The summed E-state index contributed by atoms with van der Waals surface area (Å²) in [6, 6.07) is 5.64. The highest BCUT2D eigenvalue weighted by molar-refractivity contribution is 6.35. The fraction of sp³-hybridized carbons (Fsp3) is 0.533. The van der Waals surface area contributed by atoms with E-state index in [0.29, 0.717) is 23.0 Å². The molecule has 0 bridgehead atoms. The largest absolute Gasteiger partial charge is 0.354 e. The van der Waals surface area contributed by atoms with Crippen LogP contribution < -0.4 is 10.6 Å². The molecule has 6 heteroatoms. The van der Waals surface area contributed by atoms with Crippen LogP contribution in [0.1, 0.15) is 26.3 Å². The number of likely N-dealkylation sites (N-methyl/N-ethyl adjacent to an activating group) is 1. The molecule has 1 amide bonds. The molecule has 21 heavy (non-hydrogen) atoms. The Hall–Kier alpha value is -0.480. The molecule has 0 fully saturated rings. The summed E-state index contributed by atoms with van der Waals surface area (Å²) in [7, 11) is 0. The molecule has 3 nitrogen and oxygen atoms in total. The topological polar surface area (TPSA) is 41.1 Å². The van der Waals surface area contributed by atoms with Crippen molar-refractivity contribution in [3.63, 3.8) is 0 Å². The number of nitrogens with one attached hydrogen (secondary N) is 2. The van der Waals surface area contributed by atoms with Crippen molar-refractivity contribution in [3.8, 4) is 0 Å². The molecule has 120 valence electrons. The van der Waals surface area contributed by atoms with E-state index in [1.807, 2.05) is 26.8 Å². The summed E-state index contributed by atoms with van der Waals surface area (Å²) >= 11 is 12.0. The van der Waals surface area contributed by atoms with Gasteiger partial charge < -0.3 is 10.6 Å². The second kappa shape index (κ2) is 10.3. The first-order valence-electron chi connectivity index (χ1n) is 6.89. The average molecular weight is 354 g/mol. The zero-order chi connectivity index (χ0) is 15.1. The monoisotopic (exact) mass is 352 g/mol. The predicted molar refractivity (Wildman–Crippen MR) is 92.7 cm³/mol. The van der Waals surface area contributed by atoms with E-state index in [4.69, 9.17) is 23.2 Å². The van der Waals surface area contributed by atoms with E-state index < -0.39 is 0 Å². The van der Waals surface area contributed by atoms with Gasteiger partial charge in [0.2, 0.25) is 5.91 Å². The Morgan fingerprint density at radius 2 is 1.95 bits per heavy atom. The summed E-state index contributed by atoms with van der Waals surface area (Å²) in [6.07, 6.45) is 0.609. The standard InChI is InChI=1S/C15H22Cl2N2O.ClH/c1-4-18-11(3)9-19-15(20)10(2)7-12-5-6-13(16)8-14(12)17;/h5-6,8,10-11,18H,4,7,9H2,1-3H3,(H,19,20);1H/t10?,11-;/m1./s1. The lowest BCUT2D eigenvalue weighted by molar-refractivity contribution is -0.124. The smallest absolute Gasteiger partial charge is 0.223 e. The van der Waals surface area contributed by atoms with E-state index in [1.54, 1.807) is 12.1 Å². The van der Waals surface area contributed by atoms with Crippen molar-refractivity contribution in [2.45, 2.75) is 33.2 Å². The van der Waals surface area contributed by atoms with Crippen LogP contribution in [0.3, 0.4) is 0 Å². The average Bonchev–Trinajstić information content (AvgIpc) is 2.39. The van der Waals surface area contributed by atoms with Gasteiger partial charge in [0.05, 0.1) is 0 Å². The minimum Gasteiger partial charge on any atom is -0.354 e. The van der Waals surface area contributed by atoms with Crippen molar-refractivity contribution in [1.82, 2.24) is 10.6 Å². The van der Waals surface area contributed by atoms with Gasteiger partial charge in [0.1, 0.15) is 0 Å². The van der Waals surface area contributed by atoms with Gasteiger partial charge in [-0.2, -0.15) is 0 Å². The zero-order valence-electron chi connectivity index (χ0n) is 12.6. The first-order valence-corrected chi connectivity index (χ1v) is 7.64. The molecular weight excluding hydrogens is 331 g/mol. The number of carbonyl (C=O) groups is 1. The summed E-state index contributed by atoms with van der Waals surface area (Å²) < 4.78 is 0. The molecule has 2 N–H and O–H groups in total. The second-order valence-corrected chi connectivity index (χ2v) is 5.89. The van der Waals surface area contributed by atoms with E-state index in [0.717, 1.165) is 12.1 Å². The van der Waals surface area contributed by atoms with Gasteiger partial charge in [0.15, 0.2) is 0 Å². The summed E-state index contributed by atoms with van der Waals surface area (Å²) in [5, 5.41) is 7.42. The number of benzene rings is 1. The van der Waals surface area contributed by atoms with Crippen LogP contribution in [-0.4, -0.2) is 25.0 Å². The summed E-state index contributed by atoms with van der Waals surface area (Å²) in [4.78, 5) is 12.0. The summed E-state index contributed by atoms with van der Waals surface area (Å²) in [5.74, 6) is -0.0803. The van der Waals surface area contributed by atoms with E-state index in [9.17, 15) is 4.79 Å². The molecule has 0 aliphatic carbocycles. The second-order valence-electron chi connectivity index (χ2n) is 5.04. The van der Waals surface area contributed by atoms with Crippen LogP contribution in [0.4, 0.5) is 0 Å². The third-order valence-electron chi connectivity index (χ3n) is 3.12. The van der Waals surface area contributed by atoms with Crippen molar-refractivity contribution < 1.29 is 4.79 Å². The first-order chi connectivity index (χ1) is 9.43. The maximum absolute atomic E-state index is 12.0. The molecular formula is C15H23Cl3N2O. The van der Waals surface area contributed by atoms with Gasteiger partial charge in [0.25, 0.3) is 0 Å². The number of halogens is 3. The van der Waals surface area contributed by atoms with Crippen LogP contribution in [0.25, 0.3) is 0 Å². The highest BCUT2D eigenvalue weighted by Crippen LogP contribution is 2.23. The summed E-state index contributed by atoms with van der Waals surface area (Å²) in [6.45, 7) is 7.52. The SMILES string of the molecule is CCN[C@H](C)CNC(=O)C(C)Cc1ccc(Cl)cc1Cl.Cl. The lowest BCUT2D eigenvalue weighted by atomic mass is 10.0. The maximum atomic E-state index is 12.0. The van der Waals surface area contributed by atoms with Crippen LogP contribution in [-0.2, 0) is 11.2 Å². The number of hydrogen-bond acceptors (Lipinski definition) is 2. The van der Waals surface area contributed by atoms with E-state index in [-0.39, 0.29) is 30.3 Å². The Morgan fingerprint density at radius 3 is 2.52 bits per heavy atom. The molecule has 0 aliphatic heterocycles. The Balaban J connectivity index is 0.00000400. The van der Waals surface area contributed by atoms with Gasteiger partial charge in [0, 0.05) is 28.5 Å². The van der Waals surface area contributed by atoms with Crippen LogP contribution >= 0.6 is 35.6 Å². The van der Waals surface area contributed by atoms with Gasteiger partial charge >= 0.3 is 0 Å². The molecule has 0 heterocycles. The van der Waals surface area contributed by atoms with E-state index >= 15 is 0 Å². The van der Waals surface area contributed by atoms with Crippen molar-refractivity contribution in [1.29, 1.82) is 0 Å². The third kappa shape index (κ3) is 7.37.